The fraction of sp³-hybridized carbons (Fsp3) is 0.296. The van der Waals surface area contributed by atoms with Crippen molar-refractivity contribution >= 4 is 21.4 Å². The summed E-state index contributed by atoms with van der Waals surface area (Å²) < 4.78 is 82.3. The van der Waals surface area contributed by atoms with Crippen LogP contribution in [0.3, 0.4) is 0 Å². The van der Waals surface area contributed by atoms with Crippen molar-refractivity contribution in [1.29, 1.82) is 0 Å². The highest BCUT2D eigenvalue weighted by Crippen LogP contribution is 2.29. The Labute approximate surface area is 218 Å². The van der Waals surface area contributed by atoms with Gasteiger partial charge >= 0.3 is 0 Å². The van der Waals surface area contributed by atoms with Crippen LogP contribution in [-0.2, 0) is 21.2 Å². The van der Waals surface area contributed by atoms with Crippen LogP contribution in [0.25, 0.3) is 11.1 Å². The van der Waals surface area contributed by atoms with Gasteiger partial charge in [0.25, 0.3) is 12.3 Å². The van der Waals surface area contributed by atoms with Crippen LogP contribution in [0.2, 0.25) is 0 Å². The van der Waals surface area contributed by atoms with Crippen LogP contribution in [0.5, 0.6) is 0 Å². The Morgan fingerprint density at radius 3 is 2.34 bits per heavy atom. The SMILES string of the molecule is CS(=O)(=O)c1ccc(-c2cccc(F)c2)c(C(=O)N2CCN(c3ccc(COCC(F)F)cc3F)CC2)c1. The van der Waals surface area contributed by atoms with Crippen LogP contribution < -0.4 is 4.90 Å². The standard InChI is InChI=1S/C27H26F4N2O4S/c1-38(35,36)21-6-7-22(19-3-2-4-20(28)14-19)23(15-21)27(34)33-11-9-32(10-12-33)25-8-5-18(13-24(25)29)16-37-17-26(30)31/h2-8,13-15,26H,9-12,16-17H2,1H3. The molecule has 1 amide bonds. The van der Waals surface area contributed by atoms with Crippen molar-refractivity contribution < 1.29 is 35.5 Å². The number of rotatable bonds is 8. The van der Waals surface area contributed by atoms with Gasteiger partial charge in [0.15, 0.2) is 9.84 Å². The predicted octanol–water partition coefficient (Wildman–Crippen LogP) is 4.78. The van der Waals surface area contributed by atoms with Gasteiger partial charge in [-0.25, -0.2) is 26.0 Å². The summed E-state index contributed by atoms with van der Waals surface area (Å²) in [7, 11) is -3.60. The van der Waals surface area contributed by atoms with Crippen LogP contribution in [-0.4, -0.2) is 64.7 Å². The molecule has 0 aromatic heterocycles. The number of carbonyl (C=O) groups is 1. The third-order valence-corrected chi connectivity index (χ3v) is 7.33. The normalized spacial score (nSPS) is 14.3. The monoisotopic (exact) mass is 550 g/mol. The number of ether oxygens (including phenoxy) is 1. The Balaban J connectivity index is 1.51. The first-order valence-electron chi connectivity index (χ1n) is 11.8. The lowest BCUT2D eigenvalue weighted by molar-refractivity contribution is 0.00982. The summed E-state index contributed by atoms with van der Waals surface area (Å²) >= 11 is 0. The molecule has 4 rings (SSSR count). The Bertz CT molecular complexity index is 1420. The lowest BCUT2D eigenvalue weighted by Crippen LogP contribution is -2.49. The minimum Gasteiger partial charge on any atom is -0.371 e. The lowest BCUT2D eigenvalue weighted by Gasteiger charge is -2.36. The van der Waals surface area contributed by atoms with Crippen molar-refractivity contribution in [2.24, 2.45) is 0 Å². The average molecular weight is 551 g/mol. The average Bonchev–Trinajstić information content (AvgIpc) is 2.87. The molecule has 38 heavy (non-hydrogen) atoms. The topological polar surface area (TPSA) is 66.9 Å². The first kappa shape index (κ1) is 27.6. The molecule has 0 N–H and O–H groups in total. The zero-order valence-corrected chi connectivity index (χ0v) is 21.4. The first-order valence-corrected chi connectivity index (χ1v) is 13.7. The highest BCUT2D eigenvalue weighted by Gasteiger charge is 2.27. The number of nitrogens with zero attached hydrogens (tertiary/aromatic N) is 2. The molecular formula is C27H26F4N2O4S. The van der Waals surface area contributed by atoms with Crippen molar-refractivity contribution in [2.45, 2.75) is 17.9 Å². The Morgan fingerprint density at radius 2 is 1.71 bits per heavy atom. The Morgan fingerprint density at radius 1 is 0.974 bits per heavy atom. The molecule has 0 radical (unpaired) electrons. The molecule has 1 fully saturated rings. The Kier molecular flexibility index (Phi) is 8.37. The molecule has 0 bridgehead atoms. The molecule has 1 saturated heterocycles. The van der Waals surface area contributed by atoms with E-state index in [0.717, 1.165) is 6.26 Å². The molecule has 3 aromatic carbocycles. The third-order valence-electron chi connectivity index (χ3n) is 6.22. The summed E-state index contributed by atoms with van der Waals surface area (Å²) in [5.74, 6) is -1.44. The van der Waals surface area contributed by atoms with Crippen LogP contribution in [0, 0.1) is 11.6 Å². The maximum atomic E-state index is 14.8. The largest absolute Gasteiger partial charge is 0.371 e. The van der Waals surface area contributed by atoms with Gasteiger partial charge in [-0.05, 0) is 53.1 Å². The summed E-state index contributed by atoms with van der Waals surface area (Å²) in [5, 5.41) is 0. The second-order valence-corrected chi connectivity index (χ2v) is 11.0. The van der Waals surface area contributed by atoms with Crippen molar-refractivity contribution in [3.63, 3.8) is 0 Å². The highest BCUT2D eigenvalue weighted by molar-refractivity contribution is 7.90. The van der Waals surface area contributed by atoms with E-state index in [1.54, 1.807) is 28.0 Å². The molecule has 0 unspecified atom stereocenters. The van der Waals surface area contributed by atoms with Crippen LogP contribution in [0.15, 0.2) is 65.6 Å². The van der Waals surface area contributed by atoms with Crippen LogP contribution in [0.4, 0.5) is 23.2 Å². The number of anilines is 1. The van der Waals surface area contributed by atoms with E-state index >= 15 is 0 Å². The molecule has 0 atom stereocenters. The summed E-state index contributed by atoms with van der Waals surface area (Å²) in [6, 6.07) is 14.3. The van der Waals surface area contributed by atoms with Gasteiger partial charge in [-0.3, -0.25) is 4.79 Å². The van der Waals surface area contributed by atoms with E-state index in [-0.39, 0.29) is 30.2 Å². The fourth-order valence-electron chi connectivity index (χ4n) is 4.32. The maximum absolute atomic E-state index is 14.8. The first-order chi connectivity index (χ1) is 18.0. The molecule has 0 saturated carbocycles. The fourth-order valence-corrected chi connectivity index (χ4v) is 4.97. The van der Waals surface area contributed by atoms with E-state index in [4.69, 9.17) is 4.74 Å². The number of amides is 1. The second kappa shape index (κ2) is 11.5. The van der Waals surface area contributed by atoms with E-state index in [0.29, 0.717) is 35.5 Å². The van der Waals surface area contributed by atoms with Gasteiger partial charge in [-0.2, -0.15) is 0 Å². The zero-order valence-electron chi connectivity index (χ0n) is 20.5. The lowest BCUT2D eigenvalue weighted by atomic mass is 9.98. The van der Waals surface area contributed by atoms with E-state index in [1.165, 1.54) is 42.5 Å². The molecule has 1 aliphatic rings. The van der Waals surface area contributed by atoms with Gasteiger partial charge in [-0.15, -0.1) is 0 Å². The molecule has 3 aromatic rings. The van der Waals surface area contributed by atoms with E-state index in [1.807, 2.05) is 0 Å². The van der Waals surface area contributed by atoms with Gasteiger partial charge in [0.2, 0.25) is 0 Å². The summed E-state index contributed by atoms with van der Waals surface area (Å²) in [6.07, 6.45) is -1.56. The molecule has 202 valence electrons. The minimum absolute atomic E-state index is 0.0284. The zero-order chi connectivity index (χ0) is 27.4. The maximum Gasteiger partial charge on any atom is 0.261 e. The number of halogens is 4. The summed E-state index contributed by atoms with van der Waals surface area (Å²) in [5.41, 5.74) is 1.71. The molecule has 1 aliphatic heterocycles. The van der Waals surface area contributed by atoms with Crippen molar-refractivity contribution in [1.82, 2.24) is 4.90 Å². The van der Waals surface area contributed by atoms with Gasteiger partial charge in [0.05, 0.1) is 17.2 Å². The number of hydrogen-bond donors (Lipinski definition) is 0. The van der Waals surface area contributed by atoms with E-state index < -0.39 is 40.4 Å². The van der Waals surface area contributed by atoms with Crippen LogP contribution in [0.1, 0.15) is 15.9 Å². The number of hydrogen-bond acceptors (Lipinski definition) is 5. The van der Waals surface area contributed by atoms with Gasteiger partial charge in [0, 0.05) is 38.0 Å². The molecular weight excluding hydrogens is 524 g/mol. The van der Waals surface area contributed by atoms with Crippen molar-refractivity contribution in [3.05, 3.63) is 83.4 Å². The summed E-state index contributed by atoms with van der Waals surface area (Å²) in [6.45, 7) is 0.236. The quantitative estimate of drug-likeness (QED) is 0.378. The third kappa shape index (κ3) is 6.51. The highest BCUT2D eigenvalue weighted by atomic mass is 32.2. The number of carbonyl (C=O) groups excluding carboxylic acids is 1. The van der Waals surface area contributed by atoms with Crippen molar-refractivity contribution in [3.8, 4) is 11.1 Å². The number of alkyl halides is 2. The van der Waals surface area contributed by atoms with E-state index in [9.17, 15) is 30.8 Å². The Hall–Kier alpha value is -3.44. The van der Waals surface area contributed by atoms with Crippen molar-refractivity contribution in [2.75, 3.05) is 43.9 Å². The van der Waals surface area contributed by atoms with E-state index in [2.05, 4.69) is 0 Å². The summed E-state index contributed by atoms with van der Waals surface area (Å²) in [4.78, 5) is 16.8. The number of piperazine rings is 1. The van der Waals surface area contributed by atoms with Gasteiger partial charge in [-0.1, -0.05) is 24.3 Å². The smallest absolute Gasteiger partial charge is 0.261 e. The predicted molar refractivity (Wildman–Crippen MR) is 135 cm³/mol. The van der Waals surface area contributed by atoms with Crippen LogP contribution >= 0.6 is 0 Å². The van der Waals surface area contributed by atoms with Gasteiger partial charge < -0.3 is 14.5 Å². The number of benzene rings is 3. The molecule has 0 aliphatic carbocycles. The minimum atomic E-state index is -3.60. The second-order valence-electron chi connectivity index (χ2n) is 8.96. The van der Waals surface area contributed by atoms with Gasteiger partial charge in [0.1, 0.15) is 18.2 Å². The molecule has 11 heteroatoms. The number of sulfone groups is 1. The molecule has 6 nitrogen and oxygen atoms in total. The molecule has 1 heterocycles. The molecule has 0 spiro atoms.